The van der Waals surface area contributed by atoms with E-state index in [2.05, 4.69) is 0 Å². The number of anilines is 2. The summed E-state index contributed by atoms with van der Waals surface area (Å²) < 4.78 is 29.3. The Bertz CT molecular complexity index is 1510. The van der Waals surface area contributed by atoms with Crippen LogP contribution in [-0.4, -0.2) is 26.9 Å². The molecule has 180 valence electrons. The third kappa shape index (κ3) is 3.65. The second kappa shape index (κ2) is 8.44. The third-order valence-corrected chi connectivity index (χ3v) is 8.05. The van der Waals surface area contributed by atoms with Gasteiger partial charge >= 0.3 is 5.97 Å². The zero-order valence-electron chi connectivity index (χ0n) is 18.9. The van der Waals surface area contributed by atoms with E-state index in [4.69, 9.17) is 0 Å². The van der Waals surface area contributed by atoms with Gasteiger partial charge < -0.3 is 10.0 Å². The zero-order chi connectivity index (χ0) is 25.0. The lowest BCUT2D eigenvalue weighted by Gasteiger charge is -2.29. The number of hydrogen-bond acceptors (Lipinski definition) is 4. The second-order valence-corrected chi connectivity index (χ2v) is 10.2. The lowest BCUT2D eigenvalue weighted by Crippen LogP contribution is -2.39. The van der Waals surface area contributed by atoms with Crippen LogP contribution in [-0.2, 0) is 6.54 Å². The SMILES string of the molecule is O=C(O)c1cc(-c2cc3c(cc2F)N(c2ccccc2)CC2c4ccccc4C[N+]2(O)S3)ccc1F. The van der Waals surface area contributed by atoms with E-state index in [-0.39, 0.29) is 21.2 Å². The number of carbonyl (C=O) groups is 1. The van der Waals surface area contributed by atoms with E-state index in [0.717, 1.165) is 28.9 Å². The largest absolute Gasteiger partial charge is 0.478 e. The standard InChI is InChI=1S/C28H20F2N2O3S/c29-23-11-10-17(12-22(23)28(33)34)21-13-27-25(14-24(21)30)31(19-7-2-1-3-8-19)15-26-20-9-5-4-6-18(20)16-32(26,35)36-27/h1-14,26,35H,15-16H2/p+1. The summed E-state index contributed by atoms with van der Waals surface area (Å²) in [6, 6.07) is 23.8. The van der Waals surface area contributed by atoms with Gasteiger partial charge in [0.05, 0.1) is 22.7 Å². The number of hydrogen-bond donors (Lipinski definition) is 2. The highest BCUT2D eigenvalue weighted by atomic mass is 32.2. The van der Waals surface area contributed by atoms with Crippen molar-refractivity contribution < 1.29 is 27.9 Å². The number of para-hydroxylation sites is 1. The van der Waals surface area contributed by atoms with Gasteiger partial charge in [0.1, 0.15) is 18.2 Å². The van der Waals surface area contributed by atoms with Crippen LogP contribution in [0.15, 0.2) is 89.8 Å². The van der Waals surface area contributed by atoms with Gasteiger partial charge in [-0.15, -0.1) is 4.05 Å². The summed E-state index contributed by atoms with van der Waals surface area (Å²) in [7, 11) is 0. The average Bonchev–Trinajstić information content (AvgIpc) is 3.08. The van der Waals surface area contributed by atoms with Crippen molar-refractivity contribution in [3.05, 3.63) is 113 Å². The van der Waals surface area contributed by atoms with Crippen LogP contribution in [0.2, 0.25) is 0 Å². The number of halogens is 2. The maximum absolute atomic E-state index is 15.6. The molecule has 2 unspecified atom stereocenters. The number of benzene rings is 4. The molecule has 2 N–H and O–H groups in total. The number of quaternary nitrogens is 1. The Morgan fingerprint density at radius 2 is 1.69 bits per heavy atom. The first-order chi connectivity index (χ1) is 17.3. The molecule has 36 heavy (non-hydrogen) atoms. The Balaban J connectivity index is 1.53. The van der Waals surface area contributed by atoms with E-state index in [1.54, 1.807) is 6.07 Å². The zero-order valence-corrected chi connectivity index (χ0v) is 19.8. The van der Waals surface area contributed by atoms with E-state index in [1.807, 2.05) is 59.5 Å². The molecule has 4 aromatic carbocycles. The van der Waals surface area contributed by atoms with Gasteiger partial charge in [-0.25, -0.2) is 18.8 Å². The lowest BCUT2D eigenvalue weighted by atomic mass is 10.0. The predicted molar refractivity (Wildman–Crippen MR) is 133 cm³/mol. The fraction of sp³-hybridized carbons (Fsp3) is 0.107. The molecule has 6 rings (SSSR count). The quantitative estimate of drug-likeness (QED) is 0.234. The van der Waals surface area contributed by atoms with Crippen LogP contribution in [0.4, 0.5) is 20.2 Å². The third-order valence-electron chi connectivity index (χ3n) is 6.82. The fourth-order valence-electron chi connectivity index (χ4n) is 5.10. The molecule has 5 nitrogen and oxygen atoms in total. The summed E-state index contributed by atoms with van der Waals surface area (Å²) in [6.07, 6.45) is 0. The molecule has 0 saturated heterocycles. The van der Waals surface area contributed by atoms with E-state index < -0.39 is 23.2 Å². The molecule has 8 heteroatoms. The van der Waals surface area contributed by atoms with Gasteiger partial charge in [0.2, 0.25) is 0 Å². The summed E-state index contributed by atoms with van der Waals surface area (Å²) in [6.45, 7) is 0.815. The van der Waals surface area contributed by atoms with Gasteiger partial charge in [-0.05, 0) is 42.0 Å². The van der Waals surface area contributed by atoms with Crippen molar-refractivity contribution in [1.29, 1.82) is 0 Å². The van der Waals surface area contributed by atoms with Crippen molar-refractivity contribution >= 4 is 29.3 Å². The normalized spacial score (nSPS) is 20.3. The monoisotopic (exact) mass is 503 g/mol. The highest BCUT2D eigenvalue weighted by molar-refractivity contribution is 7.94. The Labute approximate surface area is 210 Å². The predicted octanol–water partition coefficient (Wildman–Crippen LogP) is 6.95. The van der Waals surface area contributed by atoms with Gasteiger partial charge in [0.15, 0.2) is 18.0 Å². The summed E-state index contributed by atoms with van der Waals surface area (Å²) in [5.74, 6) is -2.87. The molecule has 0 amide bonds. The minimum atomic E-state index is -1.42. The summed E-state index contributed by atoms with van der Waals surface area (Å²) >= 11 is 1.23. The van der Waals surface area contributed by atoms with Gasteiger partial charge in [-0.1, -0.05) is 48.5 Å². The van der Waals surface area contributed by atoms with E-state index in [1.165, 1.54) is 24.1 Å². The van der Waals surface area contributed by atoms with Crippen molar-refractivity contribution in [3.63, 3.8) is 0 Å². The van der Waals surface area contributed by atoms with Crippen LogP contribution in [0.5, 0.6) is 0 Å². The number of rotatable bonds is 3. The minimum absolute atomic E-state index is 0.138. The molecule has 2 atom stereocenters. The van der Waals surface area contributed by atoms with Crippen molar-refractivity contribution in [3.8, 4) is 11.1 Å². The van der Waals surface area contributed by atoms with Crippen LogP contribution in [0.3, 0.4) is 0 Å². The van der Waals surface area contributed by atoms with Crippen LogP contribution >= 0.6 is 11.9 Å². The lowest BCUT2D eigenvalue weighted by molar-refractivity contribution is -1.02. The van der Waals surface area contributed by atoms with Gasteiger partial charge in [-0.3, -0.25) is 0 Å². The maximum Gasteiger partial charge on any atom is 0.338 e. The second-order valence-electron chi connectivity index (χ2n) is 8.97. The highest BCUT2D eigenvalue weighted by Gasteiger charge is 2.51. The Kier molecular flexibility index (Phi) is 5.33. The topological polar surface area (TPSA) is 60.8 Å². The summed E-state index contributed by atoms with van der Waals surface area (Å²) in [5.41, 5.74) is 3.42. The molecule has 2 aliphatic heterocycles. The molecule has 4 aromatic rings. The molecule has 2 heterocycles. The van der Waals surface area contributed by atoms with Crippen LogP contribution in [0.25, 0.3) is 11.1 Å². The molecular formula is C28H21F2N2O3S+. The van der Waals surface area contributed by atoms with Crippen LogP contribution in [0.1, 0.15) is 27.5 Å². The number of carboxylic acid groups (broad SMARTS) is 1. The number of hydroxylamine groups is 2. The Hall–Kier alpha value is -3.72. The molecule has 0 aromatic heterocycles. The van der Waals surface area contributed by atoms with Crippen LogP contribution < -0.4 is 4.90 Å². The number of carboxylic acids is 1. The maximum atomic E-state index is 15.6. The minimum Gasteiger partial charge on any atom is -0.478 e. The van der Waals surface area contributed by atoms with Crippen molar-refractivity contribution in [2.45, 2.75) is 17.5 Å². The Morgan fingerprint density at radius 1 is 0.944 bits per heavy atom. The van der Waals surface area contributed by atoms with Gasteiger partial charge in [0, 0.05) is 22.4 Å². The Morgan fingerprint density at radius 3 is 2.47 bits per heavy atom. The molecule has 0 saturated carbocycles. The molecular weight excluding hydrogens is 482 g/mol. The van der Waals surface area contributed by atoms with E-state index in [0.29, 0.717) is 23.7 Å². The van der Waals surface area contributed by atoms with Crippen molar-refractivity contribution in [1.82, 2.24) is 0 Å². The summed E-state index contributed by atoms with van der Waals surface area (Å²) in [4.78, 5) is 14.1. The van der Waals surface area contributed by atoms with Crippen LogP contribution in [0, 0.1) is 11.6 Å². The fourth-order valence-corrected chi connectivity index (χ4v) is 6.38. The van der Waals surface area contributed by atoms with Crippen molar-refractivity contribution in [2.75, 3.05) is 11.4 Å². The smallest absolute Gasteiger partial charge is 0.338 e. The van der Waals surface area contributed by atoms with Gasteiger partial charge in [-0.2, -0.15) is 0 Å². The molecule has 0 aliphatic carbocycles. The molecule has 2 aliphatic rings. The number of nitrogens with zero attached hydrogens (tertiary/aromatic N) is 2. The number of fused-ring (bicyclic) bond motifs is 4. The molecule has 0 fully saturated rings. The first kappa shape index (κ1) is 22.7. The van der Waals surface area contributed by atoms with Crippen molar-refractivity contribution in [2.24, 2.45) is 0 Å². The highest BCUT2D eigenvalue weighted by Crippen LogP contribution is 2.54. The summed E-state index contributed by atoms with van der Waals surface area (Å²) in [5, 5.41) is 21.2. The average molecular weight is 504 g/mol. The number of aromatic carboxylic acids is 1. The van der Waals surface area contributed by atoms with Gasteiger partial charge in [0.25, 0.3) is 0 Å². The first-order valence-corrected chi connectivity index (χ1v) is 12.2. The molecule has 0 bridgehead atoms. The first-order valence-electron chi connectivity index (χ1n) is 11.4. The van der Waals surface area contributed by atoms with E-state index >= 15 is 4.39 Å². The van der Waals surface area contributed by atoms with E-state index in [9.17, 15) is 19.5 Å². The molecule has 0 spiro atoms. The molecule has 0 radical (unpaired) electrons.